The van der Waals surface area contributed by atoms with Crippen LogP contribution < -0.4 is 10.6 Å². The summed E-state index contributed by atoms with van der Waals surface area (Å²) in [6, 6.07) is 4.09. The van der Waals surface area contributed by atoms with Gasteiger partial charge in [0, 0.05) is 57.5 Å². The molecular weight excluding hydrogens is 399 g/mol. The molecule has 2 aliphatic heterocycles. The molecule has 0 aliphatic carbocycles. The lowest BCUT2D eigenvalue weighted by Gasteiger charge is -2.40. The highest BCUT2D eigenvalue weighted by Gasteiger charge is 2.33. The minimum absolute atomic E-state index is 0.0446. The number of nitrogens with zero attached hydrogens (tertiary/aromatic N) is 3. The number of carbonyl (C=O) groups excluding carboxylic acids is 2. The average molecular weight is 427 g/mol. The molecule has 2 N–H and O–H groups in total. The first-order valence-electron chi connectivity index (χ1n) is 10.1. The molecule has 166 valence electrons. The standard InChI is InChI=1S/C20H28F3N5O2/c1-14(2)28-8-7-24-17(13-28)18(29)26-9-11-27(12-10-26)19(30)25-16-5-3-15(4-6-16)20(21,22)23/h3-6,14,17,24H,7-13H2,1-2H3,(H,25,30)/t17-/m1/s1. The maximum absolute atomic E-state index is 12.8. The van der Waals surface area contributed by atoms with Crippen molar-refractivity contribution >= 4 is 17.6 Å². The number of anilines is 1. The Morgan fingerprint density at radius 2 is 1.63 bits per heavy atom. The summed E-state index contributed by atoms with van der Waals surface area (Å²) in [5.41, 5.74) is -0.466. The van der Waals surface area contributed by atoms with Crippen molar-refractivity contribution in [2.24, 2.45) is 0 Å². The van der Waals surface area contributed by atoms with Crippen molar-refractivity contribution in [1.29, 1.82) is 0 Å². The van der Waals surface area contributed by atoms with Gasteiger partial charge >= 0.3 is 12.2 Å². The first-order chi connectivity index (χ1) is 14.1. The fourth-order valence-corrected chi connectivity index (χ4v) is 3.70. The lowest BCUT2D eigenvalue weighted by atomic mass is 10.1. The number of hydrogen-bond donors (Lipinski definition) is 2. The smallest absolute Gasteiger partial charge is 0.338 e. The highest BCUT2D eigenvalue weighted by atomic mass is 19.4. The number of benzene rings is 1. The molecule has 0 radical (unpaired) electrons. The highest BCUT2D eigenvalue weighted by Crippen LogP contribution is 2.29. The quantitative estimate of drug-likeness (QED) is 0.775. The Balaban J connectivity index is 1.49. The van der Waals surface area contributed by atoms with E-state index >= 15 is 0 Å². The van der Waals surface area contributed by atoms with Gasteiger partial charge in [0.1, 0.15) is 0 Å². The molecule has 30 heavy (non-hydrogen) atoms. The SMILES string of the molecule is CC(C)N1CCN[C@@H](C(=O)N2CCN(C(=O)Nc3ccc(C(F)(F)F)cc3)CC2)C1. The van der Waals surface area contributed by atoms with Crippen LogP contribution in [0.25, 0.3) is 0 Å². The topological polar surface area (TPSA) is 67.9 Å². The minimum atomic E-state index is -4.41. The van der Waals surface area contributed by atoms with E-state index in [1.165, 1.54) is 12.1 Å². The van der Waals surface area contributed by atoms with Crippen LogP contribution in [0.3, 0.4) is 0 Å². The van der Waals surface area contributed by atoms with Crippen LogP contribution in [0, 0.1) is 0 Å². The molecule has 7 nitrogen and oxygen atoms in total. The Hall–Kier alpha value is -2.33. The molecule has 1 aromatic carbocycles. The minimum Gasteiger partial charge on any atom is -0.338 e. The van der Waals surface area contributed by atoms with E-state index in [0.717, 1.165) is 25.2 Å². The first kappa shape index (κ1) is 22.4. The van der Waals surface area contributed by atoms with Crippen LogP contribution in [0.15, 0.2) is 24.3 Å². The lowest BCUT2D eigenvalue weighted by molar-refractivity contribution is -0.137. The Morgan fingerprint density at radius 1 is 1.03 bits per heavy atom. The molecule has 2 fully saturated rings. The molecular formula is C20H28F3N5O2. The average Bonchev–Trinajstić information content (AvgIpc) is 2.73. The zero-order valence-corrected chi connectivity index (χ0v) is 17.2. The van der Waals surface area contributed by atoms with E-state index < -0.39 is 11.7 Å². The maximum Gasteiger partial charge on any atom is 0.416 e. The van der Waals surface area contributed by atoms with E-state index in [2.05, 4.69) is 29.4 Å². The molecule has 3 rings (SSSR count). The Morgan fingerprint density at radius 3 is 2.20 bits per heavy atom. The number of urea groups is 1. The van der Waals surface area contributed by atoms with Crippen molar-refractivity contribution in [2.45, 2.75) is 32.1 Å². The number of carbonyl (C=O) groups is 2. The second-order valence-electron chi connectivity index (χ2n) is 7.91. The summed E-state index contributed by atoms with van der Waals surface area (Å²) in [5, 5.41) is 5.89. The summed E-state index contributed by atoms with van der Waals surface area (Å²) in [6.45, 7) is 8.19. The predicted molar refractivity (Wildman–Crippen MR) is 107 cm³/mol. The van der Waals surface area contributed by atoms with Gasteiger partial charge in [0.15, 0.2) is 0 Å². The summed E-state index contributed by atoms with van der Waals surface area (Å²) >= 11 is 0. The summed E-state index contributed by atoms with van der Waals surface area (Å²) in [4.78, 5) is 30.8. The summed E-state index contributed by atoms with van der Waals surface area (Å²) in [7, 11) is 0. The fourth-order valence-electron chi connectivity index (χ4n) is 3.70. The van der Waals surface area contributed by atoms with Gasteiger partial charge in [-0.15, -0.1) is 0 Å². The van der Waals surface area contributed by atoms with E-state index in [4.69, 9.17) is 0 Å². The summed E-state index contributed by atoms with van der Waals surface area (Å²) < 4.78 is 37.9. The molecule has 1 aromatic rings. The first-order valence-corrected chi connectivity index (χ1v) is 10.1. The molecule has 2 heterocycles. The van der Waals surface area contributed by atoms with Gasteiger partial charge < -0.3 is 20.4 Å². The molecule has 0 bridgehead atoms. The second kappa shape index (κ2) is 9.22. The number of alkyl halides is 3. The van der Waals surface area contributed by atoms with Crippen LogP contribution in [0.1, 0.15) is 19.4 Å². The summed E-state index contributed by atoms with van der Waals surface area (Å²) in [6.07, 6.45) is -4.41. The predicted octanol–water partition coefficient (Wildman–Crippen LogP) is 2.06. The van der Waals surface area contributed by atoms with Crippen molar-refractivity contribution < 1.29 is 22.8 Å². The van der Waals surface area contributed by atoms with Gasteiger partial charge in [-0.3, -0.25) is 9.69 Å². The van der Waals surface area contributed by atoms with Gasteiger partial charge in [0.25, 0.3) is 0 Å². The van der Waals surface area contributed by atoms with Crippen LogP contribution in [-0.2, 0) is 11.0 Å². The van der Waals surface area contributed by atoms with Crippen LogP contribution in [0.2, 0.25) is 0 Å². The van der Waals surface area contributed by atoms with E-state index in [1.807, 2.05) is 0 Å². The monoisotopic (exact) mass is 427 g/mol. The third kappa shape index (κ3) is 5.42. The van der Waals surface area contributed by atoms with Gasteiger partial charge in [0.05, 0.1) is 11.6 Å². The molecule has 2 saturated heterocycles. The van der Waals surface area contributed by atoms with E-state index in [0.29, 0.717) is 44.5 Å². The second-order valence-corrected chi connectivity index (χ2v) is 7.91. The van der Waals surface area contributed by atoms with Crippen LogP contribution in [0.5, 0.6) is 0 Å². The van der Waals surface area contributed by atoms with Crippen molar-refractivity contribution in [2.75, 3.05) is 51.1 Å². The Kier molecular flexibility index (Phi) is 6.87. The van der Waals surface area contributed by atoms with Crippen molar-refractivity contribution in [3.05, 3.63) is 29.8 Å². The molecule has 1 atom stereocenters. The zero-order chi connectivity index (χ0) is 21.9. The van der Waals surface area contributed by atoms with E-state index in [-0.39, 0.29) is 18.0 Å². The van der Waals surface area contributed by atoms with Crippen molar-refractivity contribution in [3.63, 3.8) is 0 Å². The van der Waals surface area contributed by atoms with Gasteiger partial charge in [-0.25, -0.2) is 4.79 Å². The van der Waals surface area contributed by atoms with Crippen LogP contribution in [-0.4, -0.2) is 84.5 Å². The molecule has 2 aliphatic rings. The summed E-state index contributed by atoms with van der Waals surface area (Å²) in [5.74, 6) is 0.0446. The van der Waals surface area contributed by atoms with Crippen molar-refractivity contribution in [1.82, 2.24) is 20.0 Å². The van der Waals surface area contributed by atoms with Crippen molar-refractivity contribution in [3.8, 4) is 0 Å². The van der Waals surface area contributed by atoms with E-state index in [9.17, 15) is 22.8 Å². The molecule has 3 amide bonds. The third-order valence-electron chi connectivity index (χ3n) is 5.58. The number of hydrogen-bond acceptors (Lipinski definition) is 4. The number of nitrogens with one attached hydrogen (secondary N) is 2. The number of halogens is 3. The van der Waals surface area contributed by atoms with Gasteiger partial charge in [0.2, 0.25) is 5.91 Å². The third-order valence-corrected chi connectivity index (χ3v) is 5.58. The maximum atomic E-state index is 12.8. The van der Waals surface area contributed by atoms with Gasteiger partial charge in [-0.2, -0.15) is 13.2 Å². The number of amides is 3. The van der Waals surface area contributed by atoms with Crippen LogP contribution >= 0.6 is 0 Å². The number of piperazine rings is 2. The number of rotatable bonds is 3. The molecule has 0 saturated carbocycles. The lowest BCUT2D eigenvalue weighted by Crippen LogP contribution is -2.61. The largest absolute Gasteiger partial charge is 0.416 e. The van der Waals surface area contributed by atoms with Crippen LogP contribution in [0.4, 0.5) is 23.7 Å². The molecule has 10 heteroatoms. The zero-order valence-electron chi connectivity index (χ0n) is 17.2. The molecule has 0 spiro atoms. The normalized spacial score (nSPS) is 21.1. The van der Waals surface area contributed by atoms with E-state index in [1.54, 1.807) is 9.80 Å². The van der Waals surface area contributed by atoms with Gasteiger partial charge in [-0.05, 0) is 38.1 Å². The highest BCUT2D eigenvalue weighted by molar-refractivity contribution is 5.89. The Bertz CT molecular complexity index is 746. The fraction of sp³-hybridized carbons (Fsp3) is 0.600. The van der Waals surface area contributed by atoms with Gasteiger partial charge in [-0.1, -0.05) is 0 Å². The Labute approximate surface area is 174 Å². The molecule has 0 aromatic heterocycles. The molecule has 0 unspecified atom stereocenters.